The van der Waals surface area contributed by atoms with Crippen molar-refractivity contribution in [1.29, 1.82) is 0 Å². The number of halogens is 3. The zero-order valence-electron chi connectivity index (χ0n) is 11.8. The van der Waals surface area contributed by atoms with Crippen LogP contribution in [0.25, 0.3) is 0 Å². The van der Waals surface area contributed by atoms with Crippen LogP contribution >= 0.6 is 0 Å². The Morgan fingerprint density at radius 1 is 1.00 bits per heavy atom. The van der Waals surface area contributed by atoms with Crippen molar-refractivity contribution in [1.82, 2.24) is 4.98 Å². The normalized spacial score (nSPS) is 12.9. The summed E-state index contributed by atoms with van der Waals surface area (Å²) in [4.78, 5) is 3.80. The first-order valence-electron chi connectivity index (χ1n) is 6.91. The number of hydrogen-bond donors (Lipinski definition) is 2. The summed E-state index contributed by atoms with van der Waals surface area (Å²) in [6, 6.07) is 8.08. The minimum Gasteiger partial charge on any atom is -0.396 e. The van der Waals surface area contributed by atoms with Crippen LogP contribution in [-0.4, -0.2) is 28.9 Å². The lowest BCUT2D eigenvalue weighted by Gasteiger charge is -2.23. The zero-order chi connectivity index (χ0) is 16.0. The fourth-order valence-corrected chi connectivity index (χ4v) is 2.10. The van der Waals surface area contributed by atoms with Gasteiger partial charge in [0.05, 0.1) is 0 Å². The summed E-state index contributed by atoms with van der Waals surface area (Å²) in [6.07, 6.45) is -1.07. The molecule has 0 aliphatic heterocycles. The van der Waals surface area contributed by atoms with E-state index in [9.17, 15) is 13.2 Å². The monoisotopic (exact) mass is 310 g/mol. The highest BCUT2D eigenvalue weighted by Gasteiger charge is 2.39. The SMILES string of the molecule is OCCc1ccc(NC(Cc2ccncc2)C(F)(F)F)cc1. The van der Waals surface area contributed by atoms with E-state index in [1.807, 2.05) is 0 Å². The molecule has 0 aliphatic carbocycles. The molecular formula is C16H17F3N2O. The predicted molar refractivity (Wildman–Crippen MR) is 78.6 cm³/mol. The standard InChI is InChI=1S/C16H17F3N2O/c17-16(18,19)15(11-13-5-8-20-9-6-13)21-14-3-1-12(2-4-14)7-10-22/h1-6,8-9,15,21-22H,7,10-11H2. The maximum atomic E-state index is 13.2. The molecule has 6 heteroatoms. The van der Waals surface area contributed by atoms with E-state index >= 15 is 0 Å². The minimum atomic E-state index is -4.35. The van der Waals surface area contributed by atoms with Crippen LogP contribution in [0.15, 0.2) is 48.8 Å². The molecule has 0 spiro atoms. The van der Waals surface area contributed by atoms with Crippen molar-refractivity contribution in [2.45, 2.75) is 25.1 Å². The summed E-state index contributed by atoms with van der Waals surface area (Å²) in [5.41, 5.74) is 1.85. The second-order valence-electron chi connectivity index (χ2n) is 4.97. The molecule has 0 amide bonds. The van der Waals surface area contributed by atoms with Gasteiger partial charge in [-0.25, -0.2) is 0 Å². The first kappa shape index (κ1) is 16.3. The summed E-state index contributed by atoms with van der Waals surface area (Å²) < 4.78 is 39.5. The highest BCUT2D eigenvalue weighted by atomic mass is 19.4. The molecule has 1 aromatic heterocycles. The smallest absolute Gasteiger partial charge is 0.396 e. The van der Waals surface area contributed by atoms with Gasteiger partial charge in [0, 0.05) is 31.1 Å². The van der Waals surface area contributed by atoms with Crippen LogP contribution in [0.1, 0.15) is 11.1 Å². The van der Waals surface area contributed by atoms with Gasteiger partial charge in [-0.2, -0.15) is 13.2 Å². The third-order valence-electron chi connectivity index (χ3n) is 3.28. The fourth-order valence-electron chi connectivity index (χ4n) is 2.10. The molecule has 3 nitrogen and oxygen atoms in total. The summed E-state index contributed by atoms with van der Waals surface area (Å²) >= 11 is 0. The van der Waals surface area contributed by atoms with Gasteiger partial charge in [0.1, 0.15) is 6.04 Å². The van der Waals surface area contributed by atoms with Crippen molar-refractivity contribution in [3.8, 4) is 0 Å². The lowest BCUT2D eigenvalue weighted by Crippen LogP contribution is -2.38. The van der Waals surface area contributed by atoms with E-state index in [4.69, 9.17) is 5.11 Å². The second kappa shape index (κ2) is 7.26. The molecule has 1 heterocycles. The van der Waals surface area contributed by atoms with E-state index in [1.165, 1.54) is 12.4 Å². The van der Waals surface area contributed by atoms with Crippen molar-refractivity contribution in [2.24, 2.45) is 0 Å². The Morgan fingerprint density at radius 3 is 2.18 bits per heavy atom. The Labute approximate surface area is 126 Å². The fraction of sp³-hybridized carbons (Fsp3) is 0.312. The topological polar surface area (TPSA) is 45.1 Å². The Balaban J connectivity index is 2.10. The van der Waals surface area contributed by atoms with Crippen LogP contribution in [0.4, 0.5) is 18.9 Å². The molecule has 0 radical (unpaired) electrons. The number of benzene rings is 1. The lowest BCUT2D eigenvalue weighted by atomic mass is 10.1. The Hall–Kier alpha value is -2.08. The summed E-state index contributed by atoms with van der Waals surface area (Å²) in [5, 5.41) is 11.4. The highest BCUT2D eigenvalue weighted by Crippen LogP contribution is 2.26. The third kappa shape index (κ3) is 4.73. The first-order chi connectivity index (χ1) is 10.5. The zero-order valence-corrected chi connectivity index (χ0v) is 11.8. The number of pyridine rings is 1. The van der Waals surface area contributed by atoms with E-state index in [-0.39, 0.29) is 13.0 Å². The molecule has 118 valence electrons. The van der Waals surface area contributed by atoms with Gasteiger partial charge in [0.25, 0.3) is 0 Å². The number of aliphatic hydroxyl groups is 1. The van der Waals surface area contributed by atoms with Gasteiger partial charge in [-0.3, -0.25) is 4.98 Å². The van der Waals surface area contributed by atoms with Gasteiger partial charge in [-0.1, -0.05) is 12.1 Å². The maximum Gasteiger partial charge on any atom is 0.408 e. The number of aromatic nitrogens is 1. The van der Waals surface area contributed by atoms with E-state index in [0.29, 0.717) is 17.7 Å². The molecule has 2 aromatic rings. The van der Waals surface area contributed by atoms with Crippen LogP contribution in [0.3, 0.4) is 0 Å². The van der Waals surface area contributed by atoms with Crippen LogP contribution in [0.2, 0.25) is 0 Å². The average Bonchev–Trinajstić information content (AvgIpc) is 2.49. The van der Waals surface area contributed by atoms with Crippen molar-refractivity contribution >= 4 is 5.69 Å². The molecule has 0 saturated carbocycles. The Kier molecular flexibility index (Phi) is 5.38. The van der Waals surface area contributed by atoms with Crippen molar-refractivity contribution < 1.29 is 18.3 Å². The van der Waals surface area contributed by atoms with E-state index in [2.05, 4.69) is 10.3 Å². The van der Waals surface area contributed by atoms with Crippen molar-refractivity contribution in [2.75, 3.05) is 11.9 Å². The number of aliphatic hydroxyl groups excluding tert-OH is 1. The molecule has 0 saturated heterocycles. The van der Waals surface area contributed by atoms with Crippen LogP contribution < -0.4 is 5.32 Å². The average molecular weight is 310 g/mol. The minimum absolute atomic E-state index is 0.0139. The summed E-state index contributed by atoms with van der Waals surface area (Å²) in [5.74, 6) is 0. The quantitative estimate of drug-likeness (QED) is 0.861. The third-order valence-corrected chi connectivity index (χ3v) is 3.28. The van der Waals surface area contributed by atoms with Crippen LogP contribution in [0.5, 0.6) is 0 Å². The Morgan fingerprint density at radius 2 is 1.64 bits per heavy atom. The first-order valence-corrected chi connectivity index (χ1v) is 6.91. The van der Waals surface area contributed by atoms with Crippen LogP contribution in [-0.2, 0) is 12.8 Å². The number of nitrogens with one attached hydrogen (secondary N) is 1. The molecule has 1 aromatic carbocycles. The highest BCUT2D eigenvalue weighted by molar-refractivity contribution is 5.46. The van der Waals surface area contributed by atoms with Gasteiger partial charge in [0.15, 0.2) is 0 Å². The van der Waals surface area contributed by atoms with Crippen molar-refractivity contribution in [3.05, 3.63) is 59.9 Å². The van der Waals surface area contributed by atoms with Gasteiger partial charge in [-0.15, -0.1) is 0 Å². The number of alkyl halides is 3. The van der Waals surface area contributed by atoms with E-state index in [1.54, 1.807) is 36.4 Å². The van der Waals surface area contributed by atoms with Gasteiger partial charge < -0.3 is 10.4 Å². The molecule has 1 unspecified atom stereocenters. The largest absolute Gasteiger partial charge is 0.408 e. The van der Waals surface area contributed by atoms with Gasteiger partial charge in [-0.05, 0) is 41.8 Å². The molecule has 2 N–H and O–H groups in total. The van der Waals surface area contributed by atoms with E-state index < -0.39 is 12.2 Å². The van der Waals surface area contributed by atoms with Crippen LogP contribution in [0, 0.1) is 0 Å². The van der Waals surface area contributed by atoms with Gasteiger partial charge in [0.2, 0.25) is 0 Å². The summed E-state index contributed by atoms with van der Waals surface area (Å²) in [6.45, 7) is 0.0139. The molecule has 22 heavy (non-hydrogen) atoms. The lowest BCUT2D eigenvalue weighted by molar-refractivity contribution is -0.142. The molecule has 0 fully saturated rings. The number of rotatable bonds is 6. The molecule has 1 atom stereocenters. The Bertz CT molecular complexity index is 570. The number of anilines is 1. The van der Waals surface area contributed by atoms with Gasteiger partial charge >= 0.3 is 6.18 Å². The number of nitrogens with zero attached hydrogens (tertiary/aromatic N) is 1. The van der Waals surface area contributed by atoms with E-state index in [0.717, 1.165) is 5.56 Å². The summed E-state index contributed by atoms with van der Waals surface area (Å²) in [7, 11) is 0. The molecule has 2 rings (SSSR count). The molecule has 0 bridgehead atoms. The molecular weight excluding hydrogens is 293 g/mol. The molecule has 0 aliphatic rings. The predicted octanol–water partition coefficient (Wildman–Crippen LogP) is 3.20. The van der Waals surface area contributed by atoms with Crippen molar-refractivity contribution in [3.63, 3.8) is 0 Å². The number of hydrogen-bond acceptors (Lipinski definition) is 3. The second-order valence-corrected chi connectivity index (χ2v) is 4.97. The maximum absolute atomic E-state index is 13.2.